The van der Waals surface area contributed by atoms with Gasteiger partial charge in [0.05, 0.1) is 27.2 Å². The molecule has 0 amide bonds. The van der Waals surface area contributed by atoms with Crippen molar-refractivity contribution in [2.24, 2.45) is 0 Å². The van der Waals surface area contributed by atoms with Crippen molar-refractivity contribution in [1.82, 2.24) is 4.90 Å². The highest BCUT2D eigenvalue weighted by molar-refractivity contribution is 7.91. The first-order valence-electron chi connectivity index (χ1n) is 5.53. The fourth-order valence-corrected chi connectivity index (χ4v) is 3.70. The molecule has 100 valence electrons. The molecule has 0 unspecified atom stereocenters. The minimum atomic E-state index is -2.84. The summed E-state index contributed by atoms with van der Waals surface area (Å²) >= 11 is 11.9. The molecule has 7 heteroatoms. The maximum absolute atomic E-state index is 11.3. The Morgan fingerprint density at radius 1 is 1.17 bits per heavy atom. The van der Waals surface area contributed by atoms with E-state index in [-0.39, 0.29) is 11.5 Å². The van der Waals surface area contributed by atoms with Gasteiger partial charge in [-0.2, -0.15) is 0 Å². The predicted octanol–water partition coefficient (Wildman–Crippen LogP) is 1.81. The summed E-state index contributed by atoms with van der Waals surface area (Å²) in [5.41, 5.74) is 6.98. The normalized spacial score (nSPS) is 19.9. The standard InChI is InChI=1S/C11H14Cl2N2O2S/c12-9-5-8(6-10(13)11(9)14)7-15-1-3-18(16,17)4-2-15/h5-6H,1-4,7,14H2. The molecule has 0 saturated carbocycles. The van der Waals surface area contributed by atoms with Crippen LogP contribution in [0.15, 0.2) is 12.1 Å². The Balaban J connectivity index is 2.07. The smallest absolute Gasteiger partial charge is 0.152 e. The highest BCUT2D eigenvalue weighted by Crippen LogP contribution is 2.29. The van der Waals surface area contributed by atoms with Crippen molar-refractivity contribution in [3.8, 4) is 0 Å². The van der Waals surface area contributed by atoms with Crippen LogP contribution in [-0.4, -0.2) is 37.9 Å². The fourth-order valence-electron chi connectivity index (χ4n) is 1.89. The fraction of sp³-hybridized carbons (Fsp3) is 0.455. The lowest BCUT2D eigenvalue weighted by molar-refractivity contribution is 0.287. The van der Waals surface area contributed by atoms with E-state index in [0.29, 0.717) is 35.4 Å². The molecule has 1 aliphatic heterocycles. The van der Waals surface area contributed by atoms with E-state index in [1.807, 2.05) is 0 Å². The van der Waals surface area contributed by atoms with E-state index in [2.05, 4.69) is 4.90 Å². The number of nitrogens with two attached hydrogens (primary N) is 1. The Morgan fingerprint density at radius 3 is 2.17 bits per heavy atom. The second-order valence-electron chi connectivity index (χ2n) is 4.40. The van der Waals surface area contributed by atoms with Gasteiger partial charge in [0.1, 0.15) is 0 Å². The lowest BCUT2D eigenvalue weighted by atomic mass is 10.2. The van der Waals surface area contributed by atoms with E-state index < -0.39 is 9.84 Å². The molecule has 1 aromatic carbocycles. The molecule has 1 aromatic rings. The van der Waals surface area contributed by atoms with Gasteiger partial charge in [0, 0.05) is 19.6 Å². The molecule has 1 fully saturated rings. The number of halogens is 2. The van der Waals surface area contributed by atoms with E-state index in [1.54, 1.807) is 12.1 Å². The number of nitrogens with zero attached hydrogens (tertiary/aromatic N) is 1. The second-order valence-corrected chi connectivity index (χ2v) is 7.52. The number of nitrogen functional groups attached to an aromatic ring is 1. The molecule has 1 aliphatic rings. The molecule has 1 saturated heterocycles. The van der Waals surface area contributed by atoms with Crippen LogP contribution in [0.25, 0.3) is 0 Å². The lowest BCUT2D eigenvalue weighted by Gasteiger charge is -2.26. The van der Waals surface area contributed by atoms with Crippen LogP contribution in [0.3, 0.4) is 0 Å². The van der Waals surface area contributed by atoms with Crippen molar-refractivity contribution >= 4 is 38.7 Å². The van der Waals surface area contributed by atoms with Gasteiger partial charge in [-0.15, -0.1) is 0 Å². The topological polar surface area (TPSA) is 63.4 Å². The van der Waals surface area contributed by atoms with Crippen molar-refractivity contribution in [2.45, 2.75) is 6.54 Å². The van der Waals surface area contributed by atoms with Crippen LogP contribution in [0.4, 0.5) is 5.69 Å². The van der Waals surface area contributed by atoms with Gasteiger partial charge in [-0.05, 0) is 17.7 Å². The van der Waals surface area contributed by atoms with Gasteiger partial charge < -0.3 is 5.73 Å². The molecule has 0 spiro atoms. The molecule has 2 rings (SSSR count). The zero-order valence-corrected chi connectivity index (χ0v) is 12.0. The average molecular weight is 309 g/mol. The van der Waals surface area contributed by atoms with Crippen LogP contribution >= 0.6 is 23.2 Å². The third-order valence-corrected chi connectivity index (χ3v) is 5.22. The maximum atomic E-state index is 11.3. The largest absolute Gasteiger partial charge is 0.396 e. The van der Waals surface area contributed by atoms with Gasteiger partial charge in [-0.25, -0.2) is 8.42 Å². The molecule has 18 heavy (non-hydrogen) atoms. The van der Waals surface area contributed by atoms with Crippen LogP contribution < -0.4 is 5.73 Å². The number of hydrogen-bond donors (Lipinski definition) is 1. The van der Waals surface area contributed by atoms with Crippen LogP contribution in [0.5, 0.6) is 0 Å². The van der Waals surface area contributed by atoms with Crippen LogP contribution in [0.2, 0.25) is 10.0 Å². The highest BCUT2D eigenvalue weighted by Gasteiger charge is 2.21. The number of benzene rings is 1. The Labute approximate surface area is 117 Å². The Morgan fingerprint density at radius 2 is 1.67 bits per heavy atom. The minimum absolute atomic E-state index is 0.212. The van der Waals surface area contributed by atoms with Gasteiger partial charge in [0.25, 0.3) is 0 Å². The van der Waals surface area contributed by atoms with Crippen molar-refractivity contribution in [1.29, 1.82) is 0 Å². The molecule has 0 atom stereocenters. The zero-order valence-electron chi connectivity index (χ0n) is 9.70. The molecule has 1 heterocycles. The van der Waals surface area contributed by atoms with Gasteiger partial charge >= 0.3 is 0 Å². The van der Waals surface area contributed by atoms with Crippen molar-refractivity contribution in [3.05, 3.63) is 27.7 Å². The minimum Gasteiger partial charge on any atom is -0.396 e. The maximum Gasteiger partial charge on any atom is 0.152 e. The number of sulfone groups is 1. The second kappa shape index (κ2) is 5.25. The summed E-state index contributed by atoms with van der Waals surface area (Å²) in [7, 11) is -2.84. The average Bonchev–Trinajstić information content (AvgIpc) is 2.29. The molecule has 0 bridgehead atoms. The summed E-state index contributed by atoms with van der Waals surface area (Å²) in [4.78, 5) is 2.07. The van der Waals surface area contributed by atoms with Crippen molar-refractivity contribution in [2.75, 3.05) is 30.3 Å². The summed E-state index contributed by atoms with van der Waals surface area (Å²) in [5, 5.41) is 0.865. The van der Waals surface area contributed by atoms with Gasteiger partial charge in [0.2, 0.25) is 0 Å². The van der Waals surface area contributed by atoms with Gasteiger partial charge in [-0.1, -0.05) is 23.2 Å². The van der Waals surface area contributed by atoms with Crippen LogP contribution in [-0.2, 0) is 16.4 Å². The number of rotatable bonds is 2. The molecular weight excluding hydrogens is 295 g/mol. The van der Waals surface area contributed by atoms with Gasteiger partial charge in [0.15, 0.2) is 9.84 Å². The Kier molecular flexibility index (Phi) is 4.06. The van der Waals surface area contributed by atoms with E-state index in [1.165, 1.54) is 0 Å². The molecule has 4 nitrogen and oxygen atoms in total. The Bertz CT molecular complexity index is 523. The summed E-state index contributed by atoms with van der Waals surface area (Å²) < 4.78 is 22.6. The molecular formula is C11H14Cl2N2O2S. The summed E-state index contributed by atoms with van der Waals surface area (Å²) in [6.45, 7) is 1.72. The van der Waals surface area contributed by atoms with E-state index >= 15 is 0 Å². The van der Waals surface area contributed by atoms with E-state index in [9.17, 15) is 8.42 Å². The zero-order chi connectivity index (χ0) is 13.3. The first-order valence-corrected chi connectivity index (χ1v) is 8.11. The third-order valence-electron chi connectivity index (χ3n) is 2.98. The lowest BCUT2D eigenvalue weighted by Crippen LogP contribution is -2.39. The van der Waals surface area contributed by atoms with Crippen LogP contribution in [0, 0.1) is 0 Å². The van der Waals surface area contributed by atoms with Crippen molar-refractivity contribution < 1.29 is 8.42 Å². The van der Waals surface area contributed by atoms with E-state index in [0.717, 1.165) is 5.56 Å². The summed E-state index contributed by atoms with van der Waals surface area (Å²) in [6.07, 6.45) is 0. The Hall–Kier alpha value is -0.490. The monoisotopic (exact) mass is 308 g/mol. The van der Waals surface area contributed by atoms with E-state index in [4.69, 9.17) is 28.9 Å². The third kappa shape index (κ3) is 3.29. The number of hydrogen-bond acceptors (Lipinski definition) is 4. The first-order chi connectivity index (χ1) is 8.37. The van der Waals surface area contributed by atoms with Crippen molar-refractivity contribution in [3.63, 3.8) is 0 Å². The molecule has 2 N–H and O–H groups in total. The van der Waals surface area contributed by atoms with Crippen LogP contribution in [0.1, 0.15) is 5.56 Å². The summed E-state index contributed by atoms with van der Waals surface area (Å²) in [6, 6.07) is 3.54. The molecule has 0 aliphatic carbocycles. The van der Waals surface area contributed by atoms with Gasteiger partial charge in [-0.3, -0.25) is 4.90 Å². The highest BCUT2D eigenvalue weighted by atomic mass is 35.5. The predicted molar refractivity (Wildman–Crippen MR) is 74.8 cm³/mol. The first kappa shape index (κ1) is 13.9. The summed E-state index contributed by atoms with van der Waals surface area (Å²) in [5.74, 6) is 0.423. The quantitative estimate of drug-likeness (QED) is 0.846. The molecule has 0 radical (unpaired) electrons. The number of anilines is 1. The molecule has 0 aromatic heterocycles. The SMILES string of the molecule is Nc1c(Cl)cc(CN2CCS(=O)(=O)CC2)cc1Cl.